The number of rotatable bonds is 6. The van der Waals surface area contributed by atoms with Gasteiger partial charge in [-0.15, -0.1) is 0 Å². The molecule has 1 aliphatic heterocycles. The fourth-order valence-electron chi connectivity index (χ4n) is 3.90. The summed E-state index contributed by atoms with van der Waals surface area (Å²) in [6.07, 6.45) is 1.31. The molecule has 2 heterocycles. The lowest BCUT2D eigenvalue weighted by Crippen LogP contribution is -2.46. The Kier molecular flexibility index (Phi) is 6.65. The number of furan rings is 1. The summed E-state index contributed by atoms with van der Waals surface area (Å²) in [5.41, 5.74) is 1.15. The zero-order valence-corrected chi connectivity index (χ0v) is 19.2. The van der Waals surface area contributed by atoms with E-state index in [-0.39, 0.29) is 28.5 Å². The predicted molar refractivity (Wildman–Crippen MR) is 124 cm³/mol. The minimum atomic E-state index is -3.44. The Hall–Kier alpha value is -3.39. The first-order valence-corrected chi connectivity index (χ1v) is 12.5. The van der Waals surface area contributed by atoms with Crippen LogP contribution in [0.1, 0.15) is 45.1 Å². The number of carbonyl (C=O) groups is 2. The van der Waals surface area contributed by atoms with E-state index in [4.69, 9.17) is 4.42 Å². The lowest BCUT2D eigenvalue weighted by atomic mass is 10.0. The number of hydrogen-bond acceptors (Lipinski definition) is 5. The fourth-order valence-corrected chi connectivity index (χ4v) is 5.27. The zero-order valence-electron chi connectivity index (χ0n) is 18.4. The largest absolute Gasteiger partial charge is 0.456 e. The van der Waals surface area contributed by atoms with Gasteiger partial charge in [0.15, 0.2) is 15.6 Å². The molecule has 1 fully saturated rings. The van der Waals surface area contributed by atoms with Crippen LogP contribution in [0.25, 0.3) is 0 Å². The van der Waals surface area contributed by atoms with Crippen LogP contribution < -0.4 is 5.32 Å². The first-order valence-electron chi connectivity index (χ1n) is 10.9. The van der Waals surface area contributed by atoms with Gasteiger partial charge in [-0.3, -0.25) is 9.59 Å². The van der Waals surface area contributed by atoms with Crippen molar-refractivity contribution in [2.75, 3.05) is 13.1 Å². The van der Waals surface area contributed by atoms with Crippen molar-refractivity contribution >= 4 is 21.7 Å². The Morgan fingerprint density at radius 3 is 2.24 bits per heavy atom. The Labute approximate surface area is 193 Å². The average molecular weight is 467 g/mol. The number of hydrogen-bond donors (Lipinski definition) is 1. The Morgan fingerprint density at radius 1 is 0.970 bits per heavy atom. The molecule has 2 amide bonds. The van der Waals surface area contributed by atoms with E-state index in [2.05, 4.69) is 5.32 Å². The Balaban J connectivity index is 1.31. The van der Waals surface area contributed by atoms with Crippen molar-refractivity contribution in [3.05, 3.63) is 89.4 Å². The summed E-state index contributed by atoms with van der Waals surface area (Å²) in [6, 6.07) is 18.4. The van der Waals surface area contributed by atoms with E-state index < -0.39 is 9.84 Å². The van der Waals surface area contributed by atoms with Crippen molar-refractivity contribution < 1.29 is 22.4 Å². The third-order valence-electron chi connectivity index (χ3n) is 5.74. The third-order valence-corrected chi connectivity index (χ3v) is 7.45. The first kappa shape index (κ1) is 22.8. The number of carbonyl (C=O) groups excluding carboxylic acids is 2. The molecule has 0 radical (unpaired) electrons. The number of sulfone groups is 1. The minimum absolute atomic E-state index is 0.0162. The molecular formula is C25H26N2O5S. The first-order chi connectivity index (χ1) is 15.8. The van der Waals surface area contributed by atoms with Crippen LogP contribution in [0, 0.1) is 6.92 Å². The lowest BCUT2D eigenvalue weighted by Gasteiger charge is -2.32. The van der Waals surface area contributed by atoms with Crippen molar-refractivity contribution in [3.8, 4) is 0 Å². The summed E-state index contributed by atoms with van der Waals surface area (Å²) >= 11 is 0. The van der Waals surface area contributed by atoms with Crippen LogP contribution in [0.4, 0.5) is 0 Å². The molecule has 33 heavy (non-hydrogen) atoms. The van der Waals surface area contributed by atoms with Crippen LogP contribution in [0.15, 0.2) is 76.0 Å². The van der Waals surface area contributed by atoms with Gasteiger partial charge in [0.2, 0.25) is 0 Å². The topological polar surface area (TPSA) is 96.7 Å². The van der Waals surface area contributed by atoms with Gasteiger partial charge in [0.25, 0.3) is 11.8 Å². The summed E-state index contributed by atoms with van der Waals surface area (Å²) in [4.78, 5) is 27.2. The molecule has 1 N–H and O–H groups in total. The highest BCUT2D eigenvalue weighted by Gasteiger charge is 2.25. The number of piperidine rings is 1. The Bertz CT molecular complexity index is 1230. The summed E-state index contributed by atoms with van der Waals surface area (Å²) in [5.74, 6) is 0.517. The monoisotopic (exact) mass is 466 g/mol. The van der Waals surface area contributed by atoms with E-state index in [1.807, 2.05) is 0 Å². The normalized spacial score (nSPS) is 14.8. The van der Waals surface area contributed by atoms with Crippen molar-refractivity contribution in [1.29, 1.82) is 0 Å². The standard InChI is InChI=1S/C25H26N2O5S/c1-18-7-12-23(32-18)24(28)26-21-13-15-27(16-14-21)25(29)20-10-8-19(9-11-20)17-33(30,31)22-5-3-2-4-6-22/h2-12,21H,13-17H2,1H3,(H,26,28). The van der Waals surface area contributed by atoms with E-state index >= 15 is 0 Å². The molecule has 0 bridgehead atoms. The van der Waals surface area contributed by atoms with Gasteiger partial charge in [-0.05, 0) is 61.7 Å². The van der Waals surface area contributed by atoms with E-state index in [0.717, 1.165) is 0 Å². The molecule has 7 nitrogen and oxygen atoms in total. The average Bonchev–Trinajstić information content (AvgIpc) is 3.26. The van der Waals surface area contributed by atoms with Crippen LogP contribution in [0.2, 0.25) is 0 Å². The van der Waals surface area contributed by atoms with Crippen LogP contribution in [-0.4, -0.2) is 44.3 Å². The maximum Gasteiger partial charge on any atom is 0.287 e. The van der Waals surface area contributed by atoms with Crippen LogP contribution in [-0.2, 0) is 15.6 Å². The number of amides is 2. The molecule has 1 aromatic heterocycles. The number of nitrogens with zero attached hydrogens (tertiary/aromatic N) is 1. The SMILES string of the molecule is Cc1ccc(C(=O)NC2CCN(C(=O)c3ccc(CS(=O)(=O)c4ccccc4)cc3)CC2)o1. The summed E-state index contributed by atoms with van der Waals surface area (Å²) < 4.78 is 30.5. The molecule has 2 aromatic carbocycles. The molecule has 0 atom stereocenters. The van der Waals surface area contributed by atoms with Gasteiger partial charge in [-0.25, -0.2) is 8.42 Å². The molecule has 0 spiro atoms. The second kappa shape index (κ2) is 9.62. The van der Waals surface area contributed by atoms with Gasteiger partial charge >= 0.3 is 0 Å². The lowest BCUT2D eigenvalue weighted by molar-refractivity contribution is 0.0695. The maximum atomic E-state index is 12.9. The molecule has 172 valence electrons. The minimum Gasteiger partial charge on any atom is -0.456 e. The predicted octanol–water partition coefficient (Wildman–Crippen LogP) is 3.60. The maximum absolute atomic E-state index is 12.9. The van der Waals surface area contributed by atoms with E-state index in [1.54, 1.807) is 78.6 Å². The van der Waals surface area contributed by atoms with Gasteiger partial charge in [0, 0.05) is 24.7 Å². The number of benzene rings is 2. The van der Waals surface area contributed by atoms with Crippen molar-refractivity contribution in [3.63, 3.8) is 0 Å². The van der Waals surface area contributed by atoms with Crippen LogP contribution in [0.3, 0.4) is 0 Å². The molecule has 3 aromatic rings. The number of nitrogens with one attached hydrogen (secondary N) is 1. The smallest absolute Gasteiger partial charge is 0.287 e. The highest BCUT2D eigenvalue weighted by molar-refractivity contribution is 7.90. The number of likely N-dealkylation sites (tertiary alicyclic amines) is 1. The molecule has 4 rings (SSSR count). The molecule has 8 heteroatoms. The highest BCUT2D eigenvalue weighted by Crippen LogP contribution is 2.19. The summed E-state index contributed by atoms with van der Waals surface area (Å²) in [5, 5.41) is 2.96. The van der Waals surface area contributed by atoms with Crippen LogP contribution in [0.5, 0.6) is 0 Å². The summed E-state index contributed by atoms with van der Waals surface area (Å²) in [7, 11) is -3.44. The quantitative estimate of drug-likeness (QED) is 0.599. The second-order valence-electron chi connectivity index (χ2n) is 8.22. The molecule has 1 aliphatic rings. The van der Waals surface area contributed by atoms with Crippen molar-refractivity contribution in [1.82, 2.24) is 10.2 Å². The highest BCUT2D eigenvalue weighted by atomic mass is 32.2. The van der Waals surface area contributed by atoms with E-state index in [9.17, 15) is 18.0 Å². The Morgan fingerprint density at radius 2 is 1.64 bits per heavy atom. The molecule has 0 aliphatic carbocycles. The molecule has 0 unspecified atom stereocenters. The van der Waals surface area contributed by atoms with Gasteiger partial charge < -0.3 is 14.6 Å². The molecular weight excluding hydrogens is 440 g/mol. The fraction of sp³-hybridized carbons (Fsp3) is 0.280. The van der Waals surface area contributed by atoms with E-state index in [0.29, 0.717) is 48.6 Å². The van der Waals surface area contributed by atoms with E-state index in [1.165, 1.54) is 0 Å². The zero-order chi connectivity index (χ0) is 23.4. The third kappa shape index (κ3) is 5.51. The van der Waals surface area contributed by atoms with Gasteiger partial charge in [-0.1, -0.05) is 30.3 Å². The summed E-state index contributed by atoms with van der Waals surface area (Å²) in [6.45, 7) is 2.85. The van der Waals surface area contributed by atoms with Gasteiger partial charge in [-0.2, -0.15) is 0 Å². The van der Waals surface area contributed by atoms with Gasteiger partial charge in [0.05, 0.1) is 10.6 Å². The molecule has 0 saturated carbocycles. The van der Waals surface area contributed by atoms with Crippen molar-refractivity contribution in [2.45, 2.75) is 36.5 Å². The molecule has 1 saturated heterocycles. The van der Waals surface area contributed by atoms with Crippen LogP contribution >= 0.6 is 0 Å². The second-order valence-corrected chi connectivity index (χ2v) is 10.2. The van der Waals surface area contributed by atoms with Gasteiger partial charge in [0.1, 0.15) is 5.76 Å². The van der Waals surface area contributed by atoms with Crippen molar-refractivity contribution in [2.24, 2.45) is 0 Å². The number of aryl methyl sites for hydroxylation is 1.